The lowest BCUT2D eigenvalue weighted by molar-refractivity contribution is -0.0311. The molecule has 0 radical (unpaired) electrons. The zero-order valence-electron chi connectivity index (χ0n) is 16.2. The van der Waals surface area contributed by atoms with Crippen LogP contribution in [0.5, 0.6) is 0 Å². The first-order valence-electron chi connectivity index (χ1n) is 9.76. The summed E-state index contributed by atoms with van der Waals surface area (Å²) in [5, 5.41) is 12.0. The third-order valence-corrected chi connectivity index (χ3v) is 6.37. The Labute approximate surface area is 163 Å². The van der Waals surface area contributed by atoms with Crippen molar-refractivity contribution >= 4 is 16.6 Å². The first-order chi connectivity index (χ1) is 13.4. The van der Waals surface area contributed by atoms with E-state index in [0.717, 1.165) is 39.1 Å². The van der Waals surface area contributed by atoms with Gasteiger partial charge in [0.2, 0.25) is 0 Å². The predicted octanol–water partition coefficient (Wildman–Crippen LogP) is 2.78. The Morgan fingerprint density at radius 3 is 2.93 bits per heavy atom. The maximum atomic E-state index is 14.2. The lowest BCUT2D eigenvalue weighted by atomic mass is 9.83. The van der Waals surface area contributed by atoms with Gasteiger partial charge in [0.05, 0.1) is 30.1 Å². The number of aliphatic hydroxyl groups is 1. The highest BCUT2D eigenvalue weighted by Gasteiger charge is 2.40. The second-order valence-electron chi connectivity index (χ2n) is 8.02. The highest BCUT2D eigenvalue weighted by Crippen LogP contribution is 2.43. The molecule has 6 heteroatoms. The maximum Gasteiger partial charge on any atom is 0.128 e. The van der Waals surface area contributed by atoms with E-state index in [9.17, 15) is 9.50 Å². The first kappa shape index (κ1) is 17.8. The van der Waals surface area contributed by atoms with Gasteiger partial charge >= 0.3 is 0 Å². The summed E-state index contributed by atoms with van der Waals surface area (Å²) in [6, 6.07) is 3.34. The number of rotatable bonds is 2. The third kappa shape index (κ3) is 2.38. The molecule has 0 fully saturated rings. The number of nitrogens with two attached hydrogens (primary N) is 1. The van der Waals surface area contributed by atoms with Crippen LogP contribution < -0.4 is 5.73 Å². The van der Waals surface area contributed by atoms with Crippen molar-refractivity contribution in [1.29, 1.82) is 0 Å². The van der Waals surface area contributed by atoms with Crippen LogP contribution in [0.15, 0.2) is 29.4 Å². The molecule has 0 amide bonds. The van der Waals surface area contributed by atoms with Crippen molar-refractivity contribution in [3.63, 3.8) is 0 Å². The van der Waals surface area contributed by atoms with Gasteiger partial charge in [-0.15, -0.1) is 0 Å². The van der Waals surface area contributed by atoms with E-state index in [0.29, 0.717) is 50.3 Å². The van der Waals surface area contributed by atoms with Gasteiger partial charge in [0.1, 0.15) is 11.4 Å². The third-order valence-electron chi connectivity index (χ3n) is 6.37. The quantitative estimate of drug-likeness (QED) is 0.837. The Balaban J connectivity index is 1.73. The number of halogens is 1. The van der Waals surface area contributed by atoms with E-state index in [1.807, 2.05) is 13.0 Å². The van der Waals surface area contributed by atoms with Crippen molar-refractivity contribution < 1.29 is 14.2 Å². The highest BCUT2D eigenvalue weighted by atomic mass is 19.1. The van der Waals surface area contributed by atoms with E-state index in [1.54, 1.807) is 6.92 Å². The number of pyridine rings is 1. The number of fused-ring (bicyclic) bond motifs is 4. The van der Waals surface area contributed by atoms with Crippen LogP contribution in [0.4, 0.5) is 4.39 Å². The summed E-state index contributed by atoms with van der Waals surface area (Å²) in [5.41, 5.74) is 12.4. The van der Waals surface area contributed by atoms with Gasteiger partial charge in [0.15, 0.2) is 0 Å². The van der Waals surface area contributed by atoms with Crippen molar-refractivity contribution in [3.05, 3.63) is 57.6 Å². The van der Waals surface area contributed by atoms with Gasteiger partial charge in [-0.3, -0.25) is 0 Å². The van der Waals surface area contributed by atoms with Gasteiger partial charge < -0.3 is 20.5 Å². The van der Waals surface area contributed by atoms with E-state index < -0.39 is 5.60 Å². The molecule has 3 aliphatic rings. The molecule has 0 bridgehead atoms. The smallest absolute Gasteiger partial charge is 0.128 e. The molecule has 28 heavy (non-hydrogen) atoms. The minimum atomic E-state index is -0.966. The Morgan fingerprint density at radius 1 is 1.36 bits per heavy atom. The molecular weight excluding hydrogens is 357 g/mol. The van der Waals surface area contributed by atoms with Crippen molar-refractivity contribution in [1.82, 2.24) is 9.88 Å². The highest BCUT2D eigenvalue weighted by molar-refractivity contribution is 5.89. The standard InChI is InChI=1S/C22H24FN3O2/c1-3-22(27)11-28-10-13-8-26-9-16-15(7-24)14-4-12(2)18(23)6-19(14)25-21(16)20(26)5-17(13)22/h4-6,27H,3,7-11,24H2,1-2H3/t22-/m1/s1. The Hall–Kier alpha value is -2.28. The van der Waals surface area contributed by atoms with E-state index in [2.05, 4.69) is 11.0 Å². The zero-order chi connectivity index (χ0) is 19.6. The van der Waals surface area contributed by atoms with Crippen LogP contribution >= 0.6 is 0 Å². The summed E-state index contributed by atoms with van der Waals surface area (Å²) in [5.74, 6) is -0.259. The van der Waals surface area contributed by atoms with Crippen LogP contribution in [0.25, 0.3) is 16.6 Å². The minimum absolute atomic E-state index is 0.259. The summed E-state index contributed by atoms with van der Waals surface area (Å²) in [4.78, 5) is 7.07. The number of ether oxygens (including phenoxy) is 1. The van der Waals surface area contributed by atoms with E-state index in [4.69, 9.17) is 15.5 Å². The molecule has 146 valence electrons. The average Bonchev–Trinajstić information content (AvgIpc) is 3.03. The van der Waals surface area contributed by atoms with Gasteiger partial charge in [-0.05, 0) is 47.8 Å². The lowest BCUT2D eigenvalue weighted by Gasteiger charge is -2.39. The molecule has 0 saturated heterocycles. The second-order valence-corrected chi connectivity index (χ2v) is 8.02. The average molecular weight is 381 g/mol. The van der Waals surface area contributed by atoms with Gasteiger partial charge in [-0.25, -0.2) is 9.37 Å². The number of hydrogen-bond acceptors (Lipinski definition) is 5. The largest absolute Gasteiger partial charge is 0.383 e. The van der Waals surface area contributed by atoms with Crippen molar-refractivity contribution in [2.75, 3.05) is 19.8 Å². The number of aromatic nitrogens is 1. The molecule has 4 heterocycles. The summed E-state index contributed by atoms with van der Waals surface area (Å²) >= 11 is 0. The molecule has 0 aliphatic carbocycles. The van der Waals surface area contributed by atoms with Crippen LogP contribution in [0, 0.1) is 12.7 Å². The Kier molecular flexibility index (Phi) is 3.88. The fourth-order valence-corrected chi connectivity index (χ4v) is 4.69. The first-order valence-corrected chi connectivity index (χ1v) is 9.76. The monoisotopic (exact) mass is 381 g/mol. The molecule has 5 rings (SSSR count). The molecule has 1 aromatic carbocycles. The van der Waals surface area contributed by atoms with Crippen molar-refractivity contribution in [2.24, 2.45) is 5.73 Å². The van der Waals surface area contributed by atoms with Gasteiger partial charge in [0, 0.05) is 36.7 Å². The van der Waals surface area contributed by atoms with Crippen LogP contribution in [0.2, 0.25) is 0 Å². The van der Waals surface area contributed by atoms with E-state index >= 15 is 0 Å². The second kappa shape index (κ2) is 6.11. The molecule has 0 unspecified atom stereocenters. The Bertz CT molecular complexity index is 1080. The topological polar surface area (TPSA) is 71.6 Å². The van der Waals surface area contributed by atoms with Crippen LogP contribution in [0.1, 0.15) is 35.7 Å². The number of nitrogens with zero attached hydrogens (tertiary/aromatic N) is 2. The number of aryl methyl sites for hydroxylation is 1. The van der Waals surface area contributed by atoms with Crippen molar-refractivity contribution in [3.8, 4) is 0 Å². The SMILES string of the molecule is CC[C@@]1(O)COCC2=C1C=C1c3nc4cc(F)c(C)cc4c(CN)c3CN1C2. The molecule has 0 spiro atoms. The normalized spacial score (nSPS) is 23.6. The molecule has 5 nitrogen and oxygen atoms in total. The summed E-state index contributed by atoms with van der Waals surface area (Å²) in [6.07, 6.45) is 2.65. The minimum Gasteiger partial charge on any atom is -0.383 e. The summed E-state index contributed by atoms with van der Waals surface area (Å²) in [6.45, 7) is 6.37. The van der Waals surface area contributed by atoms with Gasteiger partial charge in [-0.1, -0.05) is 6.92 Å². The molecule has 0 saturated carbocycles. The van der Waals surface area contributed by atoms with E-state index in [-0.39, 0.29) is 5.82 Å². The van der Waals surface area contributed by atoms with Crippen LogP contribution in [-0.4, -0.2) is 40.3 Å². The fraction of sp³-hybridized carbons (Fsp3) is 0.409. The van der Waals surface area contributed by atoms with Gasteiger partial charge in [-0.2, -0.15) is 0 Å². The summed E-state index contributed by atoms with van der Waals surface area (Å²) < 4.78 is 19.9. The zero-order valence-corrected chi connectivity index (χ0v) is 16.2. The predicted molar refractivity (Wildman–Crippen MR) is 106 cm³/mol. The fourth-order valence-electron chi connectivity index (χ4n) is 4.69. The van der Waals surface area contributed by atoms with E-state index in [1.165, 1.54) is 6.07 Å². The van der Waals surface area contributed by atoms with Gasteiger partial charge in [0.25, 0.3) is 0 Å². The van der Waals surface area contributed by atoms with Crippen LogP contribution in [-0.2, 0) is 17.8 Å². The lowest BCUT2D eigenvalue weighted by Crippen LogP contribution is -2.43. The molecular formula is C22H24FN3O2. The summed E-state index contributed by atoms with van der Waals surface area (Å²) in [7, 11) is 0. The molecule has 1 atom stereocenters. The number of benzene rings is 1. The maximum absolute atomic E-state index is 14.2. The molecule has 3 aliphatic heterocycles. The molecule has 3 N–H and O–H groups in total. The molecule has 1 aromatic heterocycles. The van der Waals surface area contributed by atoms with Crippen molar-refractivity contribution in [2.45, 2.75) is 39.0 Å². The number of hydrogen-bond donors (Lipinski definition) is 2. The Morgan fingerprint density at radius 2 is 2.18 bits per heavy atom. The molecule has 2 aromatic rings. The van der Waals surface area contributed by atoms with Crippen LogP contribution in [0.3, 0.4) is 0 Å².